The number of benzene rings is 1. The zero-order valence-electron chi connectivity index (χ0n) is 11.0. The van der Waals surface area contributed by atoms with Gasteiger partial charge in [-0.3, -0.25) is 0 Å². The lowest BCUT2D eigenvalue weighted by molar-refractivity contribution is -0.179. The number of nitrogens with one attached hydrogen (secondary N) is 1. The third-order valence-electron chi connectivity index (χ3n) is 3.57. The van der Waals surface area contributed by atoms with E-state index in [0.29, 0.717) is 13.1 Å². The first-order chi connectivity index (χ1) is 9.00. The molecular weight excluding hydrogens is 253 g/mol. The van der Waals surface area contributed by atoms with Crippen molar-refractivity contribution >= 4 is 11.4 Å². The number of alkyl halides is 3. The molecule has 0 atom stereocenters. The predicted molar refractivity (Wildman–Crippen MR) is 71.6 cm³/mol. The van der Waals surface area contributed by atoms with Gasteiger partial charge in [-0.25, -0.2) is 0 Å². The molecule has 0 spiro atoms. The lowest BCUT2D eigenvalue weighted by Crippen LogP contribution is -2.38. The molecule has 1 aliphatic heterocycles. The van der Waals surface area contributed by atoms with Gasteiger partial charge in [0.2, 0.25) is 0 Å². The van der Waals surface area contributed by atoms with Gasteiger partial charge < -0.3 is 10.2 Å². The number of halogens is 3. The van der Waals surface area contributed by atoms with Crippen molar-refractivity contribution in [1.29, 1.82) is 0 Å². The first-order valence-electron chi connectivity index (χ1n) is 6.66. The lowest BCUT2D eigenvalue weighted by atomic mass is 9.96. The van der Waals surface area contributed by atoms with Crippen molar-refractivity contribution in [3.8, 4) is 0 Å². The summed E-state index contributed by atoms with van der Waals surface area (Å²) in [5, 5.41) is 3.20. The van der Waals surface area contributed by atoms with Gasteiger partial charge in [0.25, 0.3) is 0 Å². The minimum atomic E-state index is -4.04. The minimum absolute atomic E-state index is 0.193. The summed E-state index contributed by atoms with van der Waals surface area (Å²) in [5.74, 6) is -1.13. The van der Waals surface area contributed by atoms with Crippen LogP contribution < -0.4 is 10.2 Å². The molecule has 0 unspecified atom stereocenters. The summed E-state index contributed by atoms with van der Waals surface area (Å²) in [6.45, 7) is 3.83. The molecule has 0 aliphatic carbocycles. The van der Waals surface area contributed by atoms with Crippen molar-refractivity contribution in [1.82, 2.24) is 0 Å². The summed E-state index contributed by atoms with van der Waals surface area (Å²) in [5.41, 5.74) is 2.04. The SMILES string of the molecule is CCNc1ccc(N2CCC(C(F)(F)F)CC2)cc1. The highest BCUT2D eigenvalue weighted by Crippen LogP contribution is 2.35. The van der Waals surface area contributed by atoms with Crippen molar-refractivity contribution in [2.75, 3.05) is 29.9 Å². The average Bonchev–Trinajstić information content (AvgIpc) is 2.39. The molecule has 1 aromatic rings. The fourth-order valence-corrected chi connectivity index (χ4v) is 2.46. The maximum Gasteiger partial charge on any atom is 0.391 e. The van der Waals surface area contributed by atoms with Gasteiger partial charge >= 0.3 is 6.18 Å². The molecule has 1 saturated heterocycles. The second-order valence-electron chi connectivity index (χ2n) is 4.88. The van der Waals surface area contributed by atoms with Crippen molar-refractivity contribution in [2.45, 2.75) is 25.9 Å². The Bertz CT molecular complexity index is 392. The first-order valence-corrected chi connectivity index (χ1v) is 6.66. The lowest BCUT2D eigenvalue weighted by Gasteiger charge is -2.34. The highest BCUT2D eigenvalue weighted by atomic mass is 19.4. The van der Waals surface area contributed by atoms with Gasteiger partial charge in [0.1, 0.15) is 0 Å². The molecule has 0 bridgehead atoms. The van der Waals surface area contributed by atoms with E-state index < -0.39 is 12.1 Å². The standard InChI is InChI=1S/C14H19F3N2/c1-2-18-12-3-5-13(6-4-12)19-9-7-11(8-10-19)14(15,16)17/h3-6,11,18H,2,7-10H2,1H3. The van der Waals surface area contributed by atoms with Crippen LogP contribution in [0.4, 0.5) is 24.5 Å². The summed E-state index contributed by atoms with van der Waals surface area (Å²) >= 11 is 0. The van der Waals surface area contributed by atoms with Crippen LogP contribution in [0.15, 0.2) is 24.3 Å². The van der Waals surface area contributed by atoms with Gasteiger partial charge in [-0.1, -0.05) is 0 Å². The number of hydrogen-bond acceptors (Lipinski definition) is 2. The van der Waals surface area contributed by atoms with Gasteiger partial charge in [-0.2, -0.15) is 13.2 Å². The molecular formula is C14H19F3N2. The second-order valence-corrected chi connectivity index (χ2v) is 4.88. The Morgan fingerprint density at radius 1 is 1.16 bits per heavy atom. The van der Waals surface area contributed by atoms with Gasteiger partial charge in [-0.05, 0) is 44.0 Å². The number of anilines is 2. The van der Waals surface area contributed by atoms with E-state index in [4.69, 9.17) is 0 Å². The summed E-state index contributed by atoms with van der Waals surface area (Å²) in [6, 6.07) is 7.86. The average molecular weight is 272 g/mol. The van der Waals surface area contributed by atoms with Crippen LogP contribution in [0.5, 0.6) is 0 Å². The molecule has 106 valence electrons. The Kier molecular flexibility index (Phi) is 4.22. The molecule has 1 heterocycles. The molecule has 0 aromatic heterocycles. The molecule has 1 aliphatic rings. The molecule has 19 heavy (non-hydrogen) atoms. The Labute approximate surface area is 111 Å². The maximum atomic E-state index is 12.6. The fraction of sp³-hybridized carbons (Fsp3) is 0.571. The molecule has 1 N–H and O–H groups in total. The largest absolute Gasteiger partial charge is 0.391 e. The Morgan fingerprint density at radius 3 is 2.21 bits per heavy atom. The van der Waals surface area contributed by atoms with Crippen LogP contribution in [-0.4, -0.2) is 25.8 Å². The van der Waals surface area contributed by atoms with Crippen LogP contribution in [-0.2, 0) is 0 Å². The fourth-order valence-electron chi connectivity index (χ4n) is 2.46. The van der Waals surface area contributed by atoms with E-state index in [1.807, 2.05) is 36.1 Å². The summed E-state index contributed by atoms with van der Waals surface area (Å²) in [6.07, 6.45) is -3.65. The van der Waals surface area contributed by atoms with Crippen LogP contribution in [0.25, 0.3) is 0 Å². The normalized spacial score (nSPS) is 17.6. The van der Waals surface area contributed by atoms with Gasteiger partial charge in [0.15, 0.2) is 0 Å². The Balaban J connectivity index is 1.94. The molecule has 0 radical (unpaired) electrons. The van der Waals surface area contributed by atoms with E-state index in [1.54, 1.807) is 0 Å². The third kappa shape index (κ3) is 3.55. The number of hydrogen-bond donors (Lipinski definition) is 1. The smallest absolute Gasteiger partial charge is 0.385 e. The quantitative estimate of drug-likeness (QED) is 0.897. The molecule has 0 amide bonds. The van der Waals surface area contributed by atoms with Crippen LogP contribution in [0.2, 0.25) is 0 Å². The van der Waals surface area contributed by atoms with Crippen molar-refractivity contribution in [2.24, 2.45) is 5.92 Å². The monoisotopic (exact) mass is 272 g/mol. The second kappa shape index (κ2) is 5.72. The van der Waals surface area contributed by atoms with Crippen molar-refractivity contribution < 1.29 is 13.2 Å². The molecule has 1 fully saturated rings. The van der Waals surface area contributed by atoms with Crippen molar-refractivity contribution in [3.63, 3.8) is 0 Å². The van der Waals surface area contributed by atoms with E-state index in [1.165, 1.54) is 0 Å². The minimum Gasteiger partial charge on any atom is -0.385 e. The molecule has 2 nitrogen and oxygen atoms in total. The summed E-state index contributed by atoms with van der Waals surface area (Å²) < 4.78 is 37.7. The number of piperidine rings is 1. The van der Waals surface area contributed by atoms with E-state index in [2.05, 4.69) is 5.32 Å². The summed E-state index contributed by atoms with van der Waals surface area (Å²) in [4.78, 5) is 2.03. The topological polar surface area (TPSA) is 15.3 Å². The predicted octanol–water partition coefficient (Wildman–Crippen LogP) is 3.90. The number of rotatable bonds is 3. The molecule has 0 saturated carbocycles. The van der Waals surface area contributed by atoms with E-state index >= 15 is 0 Å². The molecule has 1 aromatic carbocycles. The number of nitrogens with zero attached hydrogens (tertiary/aromatic N) is 1. The first kappa shape index (κ1) is 14.0. The van der Waals surface area contributed by atoms with Crippen LogP contribution in [0, 0.1) is 5.92 Å². The maximum absolute atomic E-state index is 12.6. The van der Waals surface area contributed by atoms with Crippen LogP contribution in [0.3, 0.4) is 0 Å². The zero-order chi connectivity index (χ0) is 13.9. The van der Waals surface area contributed by atoms with Crippen LogP contribution in [0.1, 0.15) is 19.8 Å². The Hall–Kier alpha value is -1.39. The Morgan fingerprint density at radius 2 is 1.74 bits per heavy atom. The molecule has 2 rings (SSSR count). The summed E-state index contributed by atoms with van der Waals surface area (Å²) in [7, 11) is 0. The van der Waals surface area contributed by atoms with Gasteiger partial charge in [0.05, 0.1) is 5.92 Å². The zero-order valence-corrected chi connectivity index (χ0v) is 11.0. The van der Waals surface area contributed by atoms with Crippen LogP contribution >= 0.6 is 0 Å². The van der Waals surface area contributed by atoms with Gasteiger partial charge in [0, 0.05) is 31.0 Å². The third-order valence-corrected chi connectivity index (χ3v) is 3.57. The highest BCUT2D eigenvalue weighted by Gasteiger charge is 2.41. The van der Waals surface area contributed by atoms with Crippen molar-refractivity contribution in [3.05, 3.63) is 24.3 Å². The highest BCUT2D eigenvalue weighted by molar-refractivity contribution is 5.55. The van der Waals surface area contributed by atoms with E-state index in [9.17, 15) is 13.2 Å². The van der Waals surface area contributed by atoms with E-state index in [0.717, 1.165) is 17.9 Å². The molecule has 5 heteroatoms. The van der Waals surface area contributed by atoms with Gasteiger partial charge in [-0.15, -0.1) is 0 Å². The van der Waals surface area contributed by atoms with E-state index in [-0.39, 0.29) is 12.8 Å².